The number of anilines is 2. The maximum atomic E-state index is 13.1. The lowest BCUT2D eigenvalue weighted by Gasteiger charge is -2.25. The summed E-state index contributed by atoms with van der Waals surface area (Å²) >= 11 is 1.51. The van der Waals surface area contributed by atoms with Gasteiger partial charge in [0, 0.05) is 6.54 Å². The summed E-state index contributed by atoms with van der Waals surface area (Å²) in [4.78, 5) is 19.5. The highest BCUT2D eigenvalue weighted by molar-refractivity contribution is 7.15. The summed E-state index contributed by atoms with van der Waals surface area (Å²) in [6.07, 6.45) is 2.93. The number of hydrogen-bond donors (Lipinski definition) is 1. The normalized spacial score (nSPS) is 16.2. The largest absolute Gasteiger partial charge is 0.334 e. The van der Waals surface area contributed by atoms with Gasteiger partial charge < -0.3 is 10.2 Å². The molecule has 3 heterocycles. The number of amides is 1. The maximum absolute atomic E-state index is 13.1. The Labute approximate surface area is 172 Å². The zero-order valence-electron chi connectivity index (χ0n) is 16.1. The molecule has 150 valence electrons. The zero-order valence-corrected chi connectivity index (χ0v) is 17.0. The van der Waals surface area contributed by atoms with Gasteiger partial charge in [0.05, 0.1) is 18.2 Å². The Hall–Kier alpha value is -2.87. The van der Waals surface area contributed by atoms with Crippen LogP contribution in [-0.2, 0) is 17.6 Å². The summed E-state index contributed by atoms with van der Waals surface area (Å²) in [5.74, 6) is 0.436. The molecule has 3 aromatic rings. The molecule has 1 saturated heterocycles. The minimum Gasteiger partial charge on any atom is -0.334 e. The highest BCUT2D eigenvalue weighted by atomic mass is 32.1. The highest BCUT2D eigenvalue weighted by Gasteiger charge is 2.31. The first kappa shape index (κ1) is 19.4. The molecule has 0 bridgehead atoms. The fourth-order valence-corrected chi connectivity index (χ4v) is 4.20. The minimum atomic E-state index is -0.296. The van der Waals surface area contributed by atoms with Gasteiger partial charge in [-0.15, -0.1) is 10.2 Å². The van der Waals surface area contributed by atoms with E-state index in [0.29, 0.717) is 17.5 Å². The van der Waals surface area contributed by atoms with Crippen LogP contribution in [0.2, 0.25) is 0 Å². The third-order valence-electron chi connectivity index (χ3n) is 4.96. The average molecular weight is 412 g/mol. The summed E-state index contributed by atoms with van der Waals surface area (Å²) < 4.78 is 13.1. The van der Waals surface area contributed by atoms with Crippen molar-refractivity contribution in [3.63, 3.8) is 0 Å². The van der Waals surface area contributed by atoms with Crippen molar-refractivity contribution in [2.24, 2.45) is 0 Å². The van der Waals surface area contributed by atoms with Gasteiger partial charge in [-0.3, -0.25) is 4.79 Å². The highest BCUT2D eigenvalue weighted by Crippen LogP contribution is 2.32. The number of rotatable bonds is 6. The smallest absolute Gasteiger partial charge is 0.227 e. The molecule has 1 N–H and O–H groups in total. The van der Waals surface area contributed by atoms with Crippen LogP contribution in [-0.4, -0.2) is 32.5 Å². The van der Waals surface area contributed by atoms with Crippen molar-refractivity contribution in [1.29, 1.82) is 0 Å². The van der Waals surface area contributed by atoms with Crippen molar-refractivity contribution >= 4 is 28.2 Å². The lowest BCUT2D eigenvalue weighted by atomic mass is 10.1. The van der Waals surface area contributed by atoms with Crippen molar-refractivity contribution in [2.75, 3.05) is 11.9 Å². The average Bonchev–Trinajstić information content (AvgIpc) is 3.39. The first-order valence-corrected chi connectivity index (χ1v) is 10.5. The molecule has 2 aromatic heterocycles. The molecule has 0 saturated carbocycles. The second kappa shape index (κ2) is 8.65. The number of nitrogens with zero attached hydrogens (tertiary/aromatic N) is 4. The Bertz CT molecular complexity index is 991. The predicted molar refractivity (Wildman–Crippen MR) is 111 cm³/mol. The molecule has 0 unspecified atom stereocenters. The Morgan fingerprint density at radius 3 is 2.83 bits per heavy atom. The van der Waals surface area contributed by atoms with Gasteiger partial charge in [-0.05, 0) is 49.1 Å². The van der Waals surface area contributed by atoms with Crippen LogP contribution in [0.15, 0.2) is 42.5 Å². The summed E-state index contributed by atoms with van der Waals surface area (Å²) in [5, 5.41) is 13.1. The third-order valence-corrected chi connectivity index (χ3v) is 5.94. The fraction of sp³-hybridized carbons (Fsp3) is 0.333. The number of carbonyl (C=O) groups is 1. The van der Waals surface area contributed by atoms with Gasteiger partial charge >= 0.3 is 0 Å². The van der Waals surface area contributed by atoms with E-state index in [9.17, 15) is 9.18 Å². The number of likely N-dealkylation sites (tertiary alicyclic amines) is 1. The van der Waals surface area contributed by atoms with E-state index in [-0.39, 0.29) is 24.2 Å². The van der Waals surface area contributed by atoms with E-state index in [1.807, 2.05) is 30.0 Å². The van der Waals surface area contributed by atoms with Gasteiger partial charge in [-0.1, -0.05) is 36.5 Å². The summed E-state index contributed by atoms with van der Waals surface area (Å²) in [5.41, 5.74) is 1.67. The number of hydrogen-bond acceptors (Lipinski definition) is 6. The van der Waals surface area contributed by atoms with Crippen molar-refractivity contribution < 1.29 is 9.18 Å². The van der Waals surface area contributed by atoms with Crippen LogP contribution < -0.4 is 5.32 Å². The molecule has 0 radical (unpaired) electrons. The first-order valence-electron chi connectivity index (χ1n) is 9.72. The molecule has 4 rings (SSSR count). The first-order chi connectivity index (χ1) is 14.1. The Morgan fingerprint density at radius 1 is 1.24 bits per heavy atom. The van der Waals surface area contributed by atoms with Gasteiger partial charge in [0.1, 0.15) is 16.6 Å². The molecule has 0 spiro atoms. The Kier molecular flexibility index (Phi) is 5.80. The minimum absolute atomic E-state index is 0.0379. The molecule has 1 fully saturated rings. The van der Waals surface area contributed by atoms with Crippen LogP contribution in [0, 0.1) is 5.82 Å². The zero-order chi connectivity index (χ0) is 20.2. The quantitative estimate of drug-likeness (QED) is 0.655. The number of aryl methyl sites for hydroxylation is 1. The van der Waals surface area contributed by atoms with E-state index in [2.05, 4.69) is 15.5 Å². The van der Waals surface area contributed by atoms with Crippen LogP contribution in [0.4, 0.5) is 15.3 Å². The molecule has 1 aliphatic heterocycles. The van der Waals surface area contributed by atoms with Crippen molar-refractivity contribution in [1.82, 2.24) is 20.1 Å². The molecule has 1 aliphatic rings. The van der Waals surface area contributed by atoms with Gasteiger partial charge in [-0.2, -0.15) is 0 Å². The van der Waals surface area contributed by atoms with E-state index >= 15 is 0 Å². The molecule has 1 amide bonds. The molecule has 6 nitrogen and oxygen atoms in total. The van der Waals surface area contributed by atoms with Crippen molar-refractivity contribution in [3.05, 3.63) is 64.5 Å². The van der Waals surface area contributed by atoms with Crippen molar-refractivity contribution in [2.45, 2.75) is 38.6 Å². The van der Waals surface area contributed by atoms with Crippen LogP contribution in [0.3, 0.4) is 0 Å². The van der Waals surface area contributed by atoms with Gasteiger partial charge in [-0.25, -0.2) is 9.37 Å². The van der Waals surface area contributed by atoms with Gasteiger partial charge in [0.2, 0.25) is 11.0 Å². The predicted octanol–water partition coefficient (Wildman–Crippen LogP) is 4.28. The number of aromatic nitrogens is 3. The molecule has 1 aromatic carbocycles. The van der Waals surface area contributed by atoms with Crippen molar-refractivity contribution in [3.8, 4) is 0 Å². The second-order valence-electron chi connectivity index (χ2n) is 6.98. The summed E-state index contributed by atoms with van der Waals surface area (Å²) in [6.45, 7) is 2.75. The lowest BCUT2D eigenvalue weighted by molar-refractivity contribution is -0.131. The van der Waals surface area contributed by atoms with E-state index in [4.69, 9.17) is 4.98 Å². The van der Waals surface area contributed by atoms with Crippen LogP contribution in [0.25, 0.3) is 0 Å². The van der Waals surface area contributed by atoms with Crippen LogP contribution in [0.5, 0.6) is 0 Å². The monoisotopic (exact) mass is 411 g/mol. The van der Waals surface area contributed by atoms with Gasteiger partial charge in [0.25, 0.3) is 0 Å². The second-order valence-corrected chi connectivity index (χ2v) is 8.04. The molecule has 29 heavy (non-hydrogen) atoms. The van der Waals surface area contributed by atoms with E-state index in [0.717, 1.165) is 35.5 Å². The third kappa shape index (κ3) is 4.59. The molecule has 1 atom stereocenters. The number of pyridine rings is 1. The van der Waals surface area contributed by atoms with E-state index in [1.54, 1.807) is 12.1 Å². The fourth-order valence-electron chi connectivity index (χ4n) is 3.51. The number of halogens is 1. The van der Waals surface area contributed by atoms with Gasteiger partial charge in [0.15, 0.2) is 0 Å². The van der Waals surface area contributed by atoms with Crippen LogP contribution >= 0.6 is 11.3 Å². The number of benzene rings is 1. The lowest BCUT2D eigenvalue weighted by Crippen LogP contribution is -2.32. The van der Waals surface area contributed by atoms with E-state index < -0.39 is 0 Å². The Balaban J connectivity index is 1.47. The SMILES string of the molecule is CCc1nnc(Nc2cccc([C@@H]3CCCN3C(=O)Cc3ccc(F)cc3)n2)s1. The molecular weight excluding hydrogens is 389 g/mol. The Morgan fingerprint density at radius 2 is 2.07 bits per heavy atom. The topological polar surface area (TPSA) is 71.0 Å². The molecular formula is C21H22FN5OS. The van der Waals surface area contributed by atoms with Crippen LogP contribution in [0.1, 0.15) is 42.1 Å². The maximum Gasteiger partial charge on any atom is 0.227 e. The molecule has 0 aliphatic carbocycles. The summed E-state index contributed by atoms with van der Waals surface area (Å²) in [7, 11) is 0. The standard InChI is InChI=1S/C21H22FN5OS/c1-2-19-25-26-21(29-19)24-18-7-3-5-16(23-18)17-6-4-12-27(17)20(28)13-14-8-10-15(22)11-9-14/h3,5,7-11,17H,2,4,6,12-13H2,1H3,(H,23,24,26)/t17-/m0/s1. The molecule has 8 heteroatoms. The number of nitrogens with one attached hydrogen (secondary N) is 1. The number of carbonyl (C=O) groups excluding carboxylic acids is 1. The van der Waals surface area contributed by atoms with E-state index in [1.165, 1.54) is 23.5 Å². The summed E-state index contributed by atoms with van der Waals surface area (Å²) in [6, 6.07) is 11.8.